The van der Waals surface area contributed by atoms with E-state index in [2.05, 4.69) is 11.4 Å². The molecule has 3 nitrogen and oxygen atoms in total. The van der Waals surface area contributed by atoms with Gasteiger partial charge in [0.2, 0.25) is 11.4 Å². The number of hydrogen-bond donors (Lipinski definition) is 0. The van der Waals surface area contributed by atoms with Crippen LogP contribution in [0.25, 0.3) is 22.2 Å². The van der Waals surface area contributed by atoms with Crippen LogP contribution in [0.15, 0.2) is 73.1 Å². The fourth-order valence-electron chi connectivity index (χ4n) is 4.30. The van der Waals surface area contributed by atoms with Crippen molar-refractivity contribution in [1.82, 2.24) is 0 Å². The third-order valence-electron chi connectivity index (χ3n) is 5.31. The maximum atomic E-state index is 15.2. The Morgan fingerprint density at radius 3 is 2.56 bits per heavy atom. The molecule has 0 N–H and O–H groups in total. The summed E-state index contributed by atoms with van der Waals surface area (Å²) < 4.78 is 33.8. The number of aromatic nitrogens is 2. The summed E-state index contributed by atoms with van der Waals surface area (Å²) in [7, 11) is 0. The highest BCUT2D eigenvalue weighted by Crippen LogP contribution is 2.46. The molecular weight excluding hydrogens is 344 g/mol. The number of benzene rings is 1. The lowest BCUT2D eigenvalue weighted by atomic mass is 9.90. The third-order valence-corrected chi connectivity index (χ3v) is 5.31. The summed E-state index contributed by atoms with van der Waals surface area (Å²) in [5, 5.41) is 0. The number of fused-ring (bicyclic) bond motifs is 7. The van der Waals surface area contributed by atoms with Crippen molar-refractivity contribution in [3.8, 4) is 11.3 Å². The Labute approximate surface area is 154 Å². The quantitative estimate of drug-likeness (QED) is 0.463. The molecule has 2 aliphatic rings. The molecule has 128 valence electrons. The second kappa shape index (κ2) is 5.18. The van der Waals surface area contributed by atoms with Crippen LogP contribution < -0.4 is 9.13 Å². The summed E-state index contributed by atoms with van der Waals surface area (Å²) >= 11 is 0. The lowest BCUT2D eigenvalue weighted by Gasteiger charge is -2.18. The van der Waals surface area contributed by atoms with Gasteiger partial charge in [-0.05, 0) is 18.2 Å². The minimum absolute atomic E-state index is 0.250. The summed E-state index contributed by atoms with van der Waals surface area (Å²) in [5.74, 6) is -1.69. The van der Waals surface area contributed by atoms with Crippen LogP contribution in [0, 0.1) is 18.2 Å². The molecule has 0 fully saturated rings. The first kappa shape index (κ1) is 15.6. The second-order valence-corrected chi connectivity index (χ2v) is 6.48. The average Bonchev–Trinajstić information content (AvgIpc) is 3.17. The van der Waals surface area contributed by atoms with Crippen LogP contribution in [-0.4, -0.2) is 0 Å². The Bertz CT molecular complexity index is 1240. The molecule has 0 radical (unpaired) electrons. The molecule has 0 amide bonds. The van der Waals surface area contributed by atoms with Gasteiger partial charge in [0.1, 0.15) is 22.8 Å². The van der Waals surface area contributed by atoms with Crippen LogP contribution >= 0.6 is 0 Å². The van der Waals surface area contributed by atoms with Gasteiger partial charge in [-0.15, -0.1) is 9.13 Å². The highest BCUT2D eigenvalue weighted by atomic mass is 19.1. The van der Waals surface area contributed by atoms with Crippen molar-refractivity contribution in [2.45, 2.75) is 5.66 Å². The molecule has 27 heavy (non-hydrogen) atoms. The monoisotopic (exact) mass is 357 g/mol. The van der Waals surface area contributed by atoms with Gasteiger partial charge < -0.3 is 0 Å². The van der Waals surface area contributed by atoms with Crippen molar-refractivity contribution in [2.75, 3.05) is 0 Å². The van der Waals surface area contributed by atoms with Gasteiger partial charge in [-0.3, -0.25) is 0 Å². The van der Waals surface area contributed by atoms with Crippen LogP contribution in [0.2, 0.25) is 0 Å². The summed E-state index contributed by atoms with van der Waals surface area (Å²) in [6.07, 6.45) is 7.41. The van der Waals surface area contributed by atoms with E-state index in [-0.39, 0.29) is 5.56 Å². The summed E-state index contributed by atoms with van der Waals surface area (Å²) in [5.41, 5.74) is 1.44. The molecule has 3 aromatic rings. The Hall–Kier alpha value is -3.65. The average molecular weight is 357 g/mol. The predicted octanol–water partition coefficient (Wildman–Crippen LogP) is 3.90. The van der Waals surface area contributed by atoms with Crippen LogP contribution in [0.5, 0.6) is 0 Å². The Morgan fingerprint density at radius 1 is 1.07 bits per heavy atom. The van der Waals surface area contributed by atoms with E-state index in [0.717, 1.165) is 11.3 Å². The standard InChI is InChI=1S/C22H13F2N3/c1-3-14-12-15-8-4-6-10-26(15)22(14)16-13-17(23)21(25-2)20(24)19(16)18-9-5-7-11-27(18)22/h3-13H,1H2/q+2. The Balaban J connectivity index is 2.03. The molecule has 0 aliphatic carbocycles. The number of hydrogen-bond acceptors (Lipinski definition) is 0. The zero-order chi connectivity index (χ0) is 18.8. The smallest absolute Gasteiger partial charge is 0.232 e. The van der Waals surface area contributed by atoms with E-state index in [9.17, 15) is 4.39 Å². The molecular formula is C22H13F2N3+2. The van der Waals surface area contributed by atoms with Crippen molar-refractivity contribution in [1.29, 1.82) is 0 Å². The topological polar surface area (TPSA) is 12.1 Å². The van der Waals surface area contributed by atoms with Crippen LogP contribution in [0.4, 0.5) is 14.5 Å². The van der Waals surface area contributed by atoms with E-state index in [4.69, 9.17) is 6.57 Å². The van der Waals surface area contributed by atoms with E-state index in [1.54, 1.807) is 18.2 Å². The number of pyridine rings is 2. The van der Waals surface area contributed by atoms with E-state index >= 15 is 4.39 Å². The first-order valence-electron chi connectivity index (χ1n) is 8.41. The first-order chi connectivity index (χ1) is 13.1. The minimum atomic E-state index is -0.980. The number of nitrogens with zero attached hydrogens (tertiary/aromatic N) is 3. The van der Waals surface area contributed by atoms with Crippen molar-refractivity contribution < 1.29 is 17.9 Å². The van der Waals surface area contributed by atoms with Gasteiger partial charge in [0, 0.05) is 30.3 Å². The number of rotatable bonds is 1. The molecule has 0 bridgehead atoms. The first-order valence-corrected chi connectivity index (χ1v) is 8.41. The zero-order valence-electron chi connectivity index (χ0n) is 14.2. The van der Waals surface area contributed by atoms with E-state index < -0.39 is 23.0 Å². The molecule has 0 saturated carbocycles. The van der Waals surface area contributed by atoms with Gasteiger partial charge in [0.25, 0.3) is 5.69 Å². The Morgan fingerprint density at radius 2 is 1.81 bits per heavy atom. The van der Waals surface area contributed by atoms with Gasteiger partial charge in [0.15, 0.2) is 12.4 Å². The van der Waals surface area contributed by atoms with Crippen LogP contribution in [0.3, 0.4) is 0 Å². The van der Waals surface area contributed by atoms with Crippen molar-refractivity contribution in [3.05, 3.63) is 107 Å². The van der Waals surface area contributed by atoms with Gasteiger partial charge in [-0.25, -0.2) is 13.6 Å². The number of allylic oxidation sites excluding steroid dienone is 2. The van der Waals surface area contributed by atoms with Crippen molar-refractivity contribution in [2.24, 2.45) is 0 Å². The SMILES string of the molecule is [C-]#[N+]c1c(F)cc2c(c1F)-c1cccc[n+]1C21C(C=C)=Cc2cccc[n+]21. The molecule has 1 atom stereocenters. The lowest BCUT2D eigenvalue weighted by molar-refractivity contribution is -0.961. The van der Waals surface area contributed by atoms with E-state index in [1.165, 1.54) is 6.07 Å². The molecule has 0 saturated heterocycles. The predicted molar refractivity (Wildman–Crippen MR) is 95.5 cm³/mol. The van der Waals surface area contributed by atoms with Crippen LogP contribution in [0.1, 0.15) is 11.3 Å². The largest absolute Gasteiger partial charge is 0.417 e. The summed E-state index contributed by atoms with van der Waals surface area (Å²) in [6, 6.07) is 12.5. The maximum Gasteiger partial charge on any atom is 0.417 e. The molecule has 4 heterocycles. The zero-order valence-corrected chi connectivity index (χ0v) is 14.2. The summed E-state index contributed by atoms with van der Waals surface area (Å²) in [6.45, 7) is 11.1. The van der Waals surface area contributed by atoms with Gasteiger partial charge in [0.05, 0.1) is 12.1 Å². The highest BCUT2D eigenvalue weighted by molar-refractivity contribution is 5.75. The van der Waals surface area contributed by atoms with Crippen LogP contribution in [-0.2, 0) is 5.66 Å². The number of halogens is 2. The van der Waals surface area contributed by atoms with E-state index in [1.807, 2.05) is 51.9 Å². The molecule has 1 aromatic carbocycles. The molecule has 1 unspecified atom stereocenters. The van der Waals surface area contributed by atoms with Gasteiger partial charge in [-0.1, -0.05) is 12.7 Å². The van der Waals surface area contributed by atoms with E-state index in [0.29, 0.717) is 11.3 Å². The van der Waals surface area contributed by atoms with Gasteiger partial charge in [-0.2, -0.15) is 0 Å². The molecule has 2 aromatic heterocycles. The normalized spacial score (nSPS) is 18.5. The molecule has 1 spiro atoms. The lowest BCUT2D eigenvalue weighted by Crippen LogP contribution is -2.72. The highest BCUT2D eigenvalue weighted by Gasteiger charge is 2.65. The fourth-order valence-corrected chi connectivity index (χ4v) is 4.30. The summed E-state index contributed by atoms with van der Waals surface area (Å²) in [4.78, 5) is 3.07. The minimum Gasteiger partial charge on any atom is -0.232 e. The fraction of sp³-hybridized carbons (Fsp3) is 0.0455. The van der Waals surface area contributed by atoms with Crippen molar-refractivity contribution >= 4 is 11.8 Å². The Kier molecular flexibility index (Phi) is 2.99. The molecule has 5 heteroatoms. The molecule has 5 rings (SSSR count). The van der Waals surface area contributed by atoms with Crippen molar-refractivity contribution in [3.63, 3.8) is 0 Å². The second-order valence-electron chi connectivity index (χ2n) is 6.48. The maximum absolute atomic E-state index is 15.2. The third kappa shape index (κ3) is 1.67. The van der Waals surface area contributed by atoms with Gasteiger partial charge >= 0.3 is 5.66 Å². The molecule has 2 aliphatic heterocycles.